The Morgan fingerprint density at radius 3 is 2.52 bits per heavy atom. The maximum atomic E-state index is 12.5. The highest BCUT2D eigenvalue weighted by molar-refractivity contribution is 6.32. The summed E-state index contributed by atoms with van der Waals surface area (Å²) in [6, 6.07) is 3.04. The number of carbonyl (C=O) groups is 1. The minimum absolute atomic E-state index is 0.0640. The number of alkyl halides is 3. The average Bonchev–Trinajstić information content (AvgIpc) is 2.37. The van der Waals surface area contributed by atoms with Gasteiger partial charge in [0.25, 0.3) is 5.91 Å². The summed E-state index contributed by atoms with van der Waals surface area (Å²) in [5.41, 5.74) is -1.39. The fourth-order valence-corrected chi connectivity index (χ4v) is 1.77. The number of hydrogen-bond acceptors (Lipinski definition) is 4. The number of rotatable bonds is 2. The standard InChI is InChI=1S/C11H5Cl2F3N4O/c12-8-4-6(19-10(13)20-8)9(21)18-5-1-2-17-7(3-5)11(14,15)16/h1-4H,(H,17,18,21). The van der Waals surface area contributed by atoms with E-state index in [-0.39, 0.29) is 21.8 Å². The monoisotopic (exact) mass is 336 g/mol. The van der Waals surface area contributed by atoms with Crippen molar-refractivity contribution in [2.45, 2.75) is 6.18 Å². The number of hydrogen-bond donors (Lipinski definition) is 1. The lowest BCUT2D eigenvalue weighted by molar-refractivity contribution is -0.141. The van der Waals surface area contributed by atoms with Crippen molar-refractivity contribution in [1.82, 2.24) is 15.0 Å². The van der Waals surface area contributed by atoms with E-state index in [0.717, 1.165) is 12.3 Å². The largest absolute Gasteiger partial charge is 0.433 e. The SMILES string of the molecule is O=C(Nc1ccnc(C(F)(F)F)c1)c1cc(Cl)nc(Cl)n1. The van der Waals surface area contributed by atoms with Crippen molar-refractivity contribution in [2.75, 3.05) is 5.32 Å². The maximum absolute atomic E-state index is 12.5. The average molecular weight is 337 g/mol. The van der Waals surface area contributed by atoms with Gasteiger partial charge in [0, 0.05) is 18.0 Å². The van der Waals surface area contributed by atoms with Gasteiger partial charge in [-0.1, -0.05) is 11.6 Å². The number of nitrogens with one attached hydrogen (secondary N) is 1. The molecule has 0 saturated carbocycles. The molecule has 0 aliphatic rings. The molecular formula is C11H5Cl2F3N4O. The molecule has 2 heterocycles. The molecule has 2 rings (SSSR count). The van der Waals surface area contributed by atoms with Crippen LogP contribution in [0.15, 0.2) is 24.4 Å². The Morgan fingerprint density at radius 1 is 1.19 bits per heavy atom. The second kappa shape index (κ2) is 5.82. The van der Waals surface area contributed by atoms with Crippen molar-refractivity contribution in [1.29, 1.82) is 0 Å². The van der Waals surface area contributed by atoms with Crippen LogP contribution in [-0.4, -0.2) is 20.9 Å². The molecule has 0 radical (unpaired) electrons. The van der Waals surface area contributed by atoms with E-state index < -0.39 is 17.8 Å². The number of halogens is 5. The Labute approximate surface area is 126 Å². The normalized spacial score (nSPS) is 11.3. The van der Waals surface area contributed by atoms with Crippen LogP contribution in [0.5, 0.6) is 0 Å². The zero-order chi connectivity index (χ0) is 15.6. The van der Waals surface area contributed by atoms with Crippen LogP contribution >= 0.6 is 23.2 Å². The zero-order valence-electron chi connectivity index (χ0n) is 9.95. The van der Waals surface area contributed by atoms with Crippen molar-refractivity contribution < 1.29 is 18.0 Å². The fraction of sp³-hybridized carbons (Fsp3) is 0.0909. The quantitative estimate of drug-likeness (QED) is 0.673. The van der Waals surface area contributed by atoms with Crippen LogP contribution in [0.2, 0.25) is 10.4 Å². The van der Waals surface area contributed by atoms with Gasteiger partial charge in [0.15, 0.2) is 0 Å². The highest BCUT2D eigenvalue weighted by Gasteiger charge is 2.32. The summed E-state index contributed by atoms with van der Waals surface area (Å²) in [4.78, 5) is 22.2. The van der Waals surface area contributed by atoms with Gasteiger partial charge in [-0.15, -0.1) is 0 Å². The molecule has 0 unspecified atom stereocenters. The summed E-state index contributed by atoms with van der Waals surface area (Å²) in [5, 5.41) is 1.92. The Hall–Kier alpha value is -1.93. The molecule has 1 N–H and O–H groups in total. The summed E-state index contributed by atoms with van der Waals surface area (Å²) in [6.45, 7) is 0. The molecule has 0 fully saturated rings. The topological polar surface area (TPSA) is 67.8 Å². The van der Waals surface area contributed by atoms with Crippen molar-refractivity contribution in [2.24, 2.45) is 0 Å². The summed E-state index contributed by atoms with van der Waals surface area (Å²) < 4.78 is 37.5. The van der Waals surface area contributed by atoms with Gasteiger partial charge in [-0.25, -0.2) is 9.97 Å². The van der Waals surface area contributed by atoms with Gasteiger partial charge in [0.2, 0.25) is 5.28 Å². The van der Waals surface area contributed by atoms with Gasteiger partial charge in [-0.05, 0) is 23.7 Å². The minimum Gasteiger partial charge on any atom is -0.321 e. The molecule has 10 heteroatoms. The first kappa shape index (κ1) is 15.5. The molecular weight excluding hydrogens is 332 g/mol. The van der Waals surface area contributed by atoms with Crippen LogP contribution in [-0.2, 0) is 6.18 Å². The van der Waals surface area contributed by atoms with Gasteiger partial charge in [0.05, 0.1) is 0 Å². The molecule has 2 aromatic rings. The van der Waals surface area contributed by atoms with Crippen LogP contribution in [0.25, 0.3) is 0 Å². The molecule has 5 nitrogen and oxygen atoms in total. The lowest BCUT2D eigenvalue weighted by Crippen LogP contribution is -2.15. The number of aromatic nitrogens is 3. The number of carbonyl (C=O) groups excluding carboxylic acids is 1. The summed E-state index contributed by atoms with van der Waals surface area (Å²) >= 11 is 11.1. The van der Waals surface area contributed by atoms with Crippen LogP contribution in [0.3, 0.4) is 0 Å². The number of amides is 1. The van der Waals surface area contributed by atoms with Crippen LogP contribution in [0.4, 0.5) is 18.9 Å². The van der Waals surface area contributed by atoms with Crippen LogP contribution in [0.1, 0.15) is 16.2 Å². The fourth-order valence-electron chi connectivity index (χ4n) is 1.36. The van der Waals surface area contributed by atoms with Crippen LogP contribution in [0, 0.1) is 0 Å². The summed E-state index contributed by atoms with van der Waals surface area (Å²) in [5.74, 6) is -0.777. The lowest BCUT2D eigenvalue weighted by Gasteiger charge is -2.08. The number of anilines is 1. The van der Waals surface area contributed by atoms with Crippen molar-refractivity contribution in [3.05, 3.63) is 46.2 Å². The van der Waals surface area contributed by atoms with Crippen LogP contribution < -0.4 is 5.32 Å². The third-order valence-electron chi connectivity index (χ3n) is 2.21. The minimum atomic E-state index is -4.61. The second-order valence-corrected chi connectivity index (χ2v) is 4.45. The number of pyridine rings is 1. The molecule has 0 aromatic carbocycles. The van der Waals surface area contributed by atoms with E-state index in [1.807, 2.05) is 0 Å². The molecule has 110 valence electrons. The Morgan fingerprint density at radius 2 is 1.90 bits per heavy atom. The predicted molar refractivity (Wildman–Crippen MR) is 69.2 cm³/mol. The molecule has 0 atom stereocenters. The highest BCUT2D eigenvalue weighted by Crippen LogP contribution is 2.28. The first-order valence-electron chi connectivity index (χ1n) is 5.30. The van der Waals surface area contributed by atoms with Gasteiger partial charge >= 0.3 is 6.18 Å². The highest BCUT2D eigenvalue weighted by atomic mass is 35.5. The Bertz CT molecular complexity index is 673. The van der Waals surface area contributed by atoms with Crippen molar-refractivity contribution in [3.8, 4) is 0 Å². The molecule has 1 amide bonds. The van der Waals surface area contributed by atoms with Gasteiger partial charge in [0.1, 0.15) is 16.5 Å². The molecule has 0 bridgehead atoms. The third kappa shape index (κ3) is 4.02. The van der Waals surface area contributed by atoms with E-state index >= 15 is 0 Å². The van der Waals surface area contributed by atoms with E-state index in [1.54, 1.807) is 0 Å². The van der Waals surface area contributed by atoms with E-state index in [0.29, 0.717) is 6.07 Å². The van der Waals surface area contributed by atoms with E-state index in [2.05, 4.69) is 20.3 Å². The summed E-state index contributed by atoms with van der Waals surface area (Å²) in [6.07, 6.45) is -3.68. The third-order valence-corrected chi connectivity index (χ3v) is 2.57. The molecule has 0 aliphatic heterocycles. The van der Waals surface area contributed by atoms with Crippen molar-refractivity contribution >= 4 is 34.8 Å². The van der Waals surface area contributed by atoms with Gasteiger partial charge < -0.3 is 5.32 Å². The first-order valence-corrected chi connectivity index (χ1v) is 6.06. The molecule has 2 aromatic heterocycles. The Balaban J connectivity index is 2.23. The molecule has 0 aliphatic carbocycles. The first-order chi connectivity index (χ1) is 9.75. The molecule has 0 spiro atoms. The maximum Gasteiger partial charge on any atom is 0.433 e. The van der Waals surface area contributed by atoms with Crippen molar-refractivity contribution in [3.63, 3.8) is 0 Å². The summed E-state index contributed by atoms with van der Waals surface area (Å²) in [7, 11) is 0. The molecule has 0 saturated heterocycles. The van der Waals surface area contributed by atoms with Gasteiger partial charge in [-0.3, -0.25) is 9.78 Å². The molecule has 21 heavy (non-hydrogen) atoms. The van der Waals surface area contributed by atoms with E-state index in [4.69, 9.17) is 23.2 Å². The lowest BCUT2D eigenvalue weighted by atomic mass is 10.3. The Kier molecular flexibility index (Phi) is 4.29. The second-order valence-electron chi connectivity index (χ2n) is 3.73. The van der Waals surface area contributed by atoms with E-state index in [9.17, 15) is 18.0 Å². The predicted octanol–water partition coefficient (Wildman–Crippen LogP) is 3.45. The smallest absolute Gasteiger partial charge is 0.321 e. The van der Waals surface area contributed by atoms with E-state index in [1.165, 1.54) is 6.07 Å². The van der Waals surface area contributed by atoms with Gasteiger partial charge in [-0.2, -0.15) is 13.2 Å². The zero-order valence-corrected chi connectivity index (χ0v) is 11.5. The number of nitrogens with zero attached hydrogens (tertiary/aromatic N) is 3.